The van der Waals surface area contributed by atoms with Crippen molar-refractivity contribution in [2.45, 2.75) is 12.8 Å². The average molecular weight is 295 g/mol. The molecular formula is C15H12F3NO2. The highest BCUT2D eigenvalue weighted by molar-refractivity contribution is 6.04. The van der Waals surface area contributed by atoms with Crippen molar-refractivity contribution in [3.63, 3.8) is 0 Å². The highest BCUT2D eigenvalue weighted by atomic mass is 19.4. The Labute approximate surface area is 119 Å². The number of alkyl halides is 3. The molecule has 0 aliphatic heterocycles. The van der Waals surface area contributed by atoms with E-state index in [1.807, 2.05) is 30.3 Å². The number of hydrogen-bond donors (Lipinski definition) is 1. The van der Waals surface area contributed by atoms with Gasteiger partial charge in [0, 0.05) is 5.56 Å². The molecule has 0 fully saturated rings. The van der Waals surface area contributed by atoms with Crippen LogP contribution >= 0.6 is 0 Å². The molecule has 0 amide bonds. The molecule has 2 rings (SSSR count). The smallest absolute Gasteiger partial charge is 0.437 e. The maximum absolute atomic E-state index is 12.6. The van der Waals surface area contributed by atoms with E-state index in [1.54, 1.807) is 0 Å². The third kappa shape index (κ3) is 3.98. The van der Waals surface area contributed by atoms with Crippen molar-refractivity contribution < 1.29 is 23.1 Å². The zero-order chi connectivity index (χ0) is 15.3. The largest absolute Gasteiger partial charge is 0.489 e. The topological polar surface area (TPSA) is 41.8 Å². The molecule has 2 aromatic carbocycles. The predicted molar refractivity (Wildman–Crippen MR) is 71.6 cm³/mol. The lowest BCUT2D eigenvalue weighted by Crippen LogP contribution is -2.23. The monoisotopic (exact) mass is 295 g/mol. The minimum absolute atomic E-state index is 0.225. The molecule has 0 unspecified atom stereocenters. The minimum Gasteiger partial charge on any atom is -0.489 e. The summed E-state index contributed by atoms with van der Waals surface area (Å²) in [7, 11) is 0. The summed E-state index contributed by atoms with van der Waals surface area (Å²) in [6, 6.07) is 14.6. The fraction of sp³-hybridized carbons (Fsp3) is 0.133. The van der Waals surface area contributed by atoms with Crippen molar-refractivity contribution in [3.8, 4) is 5.75 Å². The quantitative estimate of drug-likeness (QED) is 0.526. The third-order valence-corrected chi connectivity index (χ3v) is 2.74. The molecule has 0 aliphatic rings. The van der Waals surface area contributed by atoms with Gasteiger partial charge in [-0.15, -0.1) is 0 Å². The molecule has 0 saturated carbocycles. The van der Waals surface area contributed by atoms with Gasteiger partial charge >= 0.3 is 6.18 Å². The van der Waals surface area contributed by atoms with Crippen LogP contribution in [0.5, 0.6) is 5.75 Å². The van der Waals surface area contributed by atoms with Gasteiger partial charge in [0.25, 0.3) is 0 Å². The molecule has 0 aliphatic carbocycles. The van der Waals surface area contributed by atoms with Crippen molar-refractivity contribution in [2.75, 3.05) is 0 Å². The first-order valence-corrected chi connectivity index (χ1v) is 6.07. The second kappa shape index (κ2) is 6.30. The van der Waals surface area contributed by atoms with E-state index in [0.29, 0.717) is 12.4 Å². The second-order valence-electron chi connectivity index (χ2n) is 4.25. The first-order chi connectivity index (χ1) is 10.0. The zero-order valence-corrected chi connectivity index (χ0v) is 10.8. The summed E-state index contributed by atoms with van der Waals surface area (Å²) in [6.45, 7) is 0.320. The van der Waals surface area contributed by atoms with Crippen LogP contribution in [-0.4, -0.2) is 17.1 Å². The summed E-state index contributed by atoms with van der Waals surface area (Å²) in [5.41, 5.74) is -0.608. The highest BCUT2D eigenvalue weighted by Crippen LogP contribution is 2.24. The van der Waals surface area contributed by atoms with Crippen molar-refractivity contribution in [1.29, 1.82) is 0 Å². The molecule has 2 aromatic rings. The van der Waals surface area contributed by atoms with Crippen molar-refractivity contribution in [1.82, 2.24) is 0 Å². The Bertz CT molecular complexity index is 607. The standard InChI is InChI=1S/C15H12F3NO2/c16-15(17,18)14(19-20)12-6-8-13(9-7-12)21-10-11-4-2-1-3-5-11/h1-9,20H,10H2. The predicted octanol–water partition coefficient (Wildman–Crippen LogP) is 4.01. The van der Waals surface area contributed by atoms with Gasteiger partial charge in [-0.1, -0.05) is 35.5 Å². The van der Waals surface area contributed by atoms with Crippen LogP contribution in [-0.2, 0) is 6.61 Å². The summed E-state index contributed by atoms with van der Waals surface area (Å²) >= 11 is 0. The van der Waals surface area contributed by atoms with Crippen molar-refractivity contribution in [3.05, 3.63) is 65.7 Å². The van der Waals surface area contributed by atoms with E-state index in [1.165, 1.54) is 24.3 Å². The van der Waals surface area contributed by atoms with Crippen LogP contribution in [0.4, 0.5) is 13.2 Å². The molecule has 0 atom stereocenters. The molecule has 0 aromatic heterocycles. The Morgan fingerprint density at radius 3 is 2.14 bits per heavy atom. The molecular weight excluding hydrogens is 283 g/mol. The molecule has 6 heteroatoms. The fourth-order valence-electron chi connectivity index (χ4n) is 1.73. The fourth-order valence-corrected chi connectivity index (χ4v) is 1.73. The van der Waals surface area contributed by atoms with Crippen LogP contribution in [0.1, 0.15) is 11.1 Å². The second-order valence-corrected chi connectivity index (χ2v) is 4.25. The maximum atomic E-state index is 12.6. The summed E-state index contributed by atoms with van der Waals surface area (Å²) < 4.78 is 43.1. The van der Waals surface area contributed by atoms with E-state index in [4.69, 9.17) is 9.94 Å². The summed E-state index contributed by atoms with van der Waals surface area (Å²) in [5.74, 6) is 0.432. The number of benzene rings is 2. The highest BCUT2D eigenvalue weighted by Gasteiger charge is 2.37. The van der Waals surface area contributed by atoms with Crippen LogP contribution in [0.2, 0.25) is 0 Å². The van der Waals surface area contributed by atoms with Crippen LogP contribution in [0.25, 0.3) is 0 Å². The van der Waals surface area contributed by atoms with Crippen molar-refractivity contribution in [2.24, 2.45) is 5.16 Å². The molecule has 0 radical (unpaired) electrons. The lowest BCUT2D eigenvalue weighted by molar-refractivity contribution is -0.0601. The summed E-state index contributed by atoms with van der Waals surface area (Å²) in [4.78, 5) is 0. The van der Waals surface area contributed by atoms with Gasteiger partial charge in [-0.2, -0.15) is 13.2 Å². The molecule has 0 saturated heterocycles. The van der Waals surface area contributed by atoms with Crippen LogP contribution in [0, 0.1) is 0 Å². The molecule has 0 bridgehead atoms. The molecule has 0 heterocycles. The van der Waals surface area contributed by atoms with Gasteiger partial charge in [0.1, 0.15) is 12.4 Å². The molecule has 0 spiro atoms. The maximum Gasteiger partial charge on any atom is 0.437 e. The van der Waals surface area contributed by atoms with Gasteiger partial charge in [0.05, 0.1) is 0 Å². The summed E-state index contributed by atoms with van der Waals surface area (Å²) in [6.07, 6.45) is -4.71. The number of ether oxygens (including phenoxy) is 1. The van der Waals surface area contributed by atoms with Gasteiger partial charge in [-0.3, -0.25) is 0 Å². The Morgan fingerprint density at radius 1 is 1.00 bits per heavy atom. The van der Waals surface area contributed by atoms with Crippen LogP contribution < -0.4 is 4.74 Å². The van der Waals surface area contributed by atoms with E-state index in [-0.39, 0.29) is 5.56 Å². The number of oxime groups is 1. The number of nitrogens with zero attached hydrogens (tertiary/aromatic N) is 1. The van der Waals surface area contributed by atoms with Gasteiger partial charge in [0.2, 0.25) is 0 Å². The van der Waals surface area contributed by atoms with Crippen molar-refractivity contribution >= 4 is 5.71 Å². The number of rotatable bonds is 4. The Hall–Kier alpha value is -2.50. The third-order valence-electron chi connectivity index (χ3n) is 2.74. The minimum atomic E-state index is -4.71. The number of halogens is 3. The normalized spacial score (nSPS) is 12.2. The first kappa shape index (κ1) is 14.9. The lowest BCUT2D eigenvalue weighted by Gasteiger charge is -2.10. The Balaban J connectivity index is 2.06. The van der Waals surface area contributed by atoms with E-state index < -0.39 is 11.9 Å². The summed E-state index contributed by atoms with van der Waals surface area (Å²) in [5, 5.41) is 10.8. The molecule has 110 valence electrons. The average Bonchev–Trinajstić information content (AvgIpc) is 2.47. The lowest BCUT2D eigenvalue weighted by atomic mass is 10.1. The van der Waals surface area contributed by atoms with E-state index >= 15 is 0 Å². The molecule has 3 nitrogen and oxygen atoms in total. The zero-order valence-electron chi connectivity index (χ0n) is 10.8. The Morgan fingerprint density at radius 2 is 1.62 bits per heavy atom. The molecule has 21 heavy (non-hydrogen) atoms. The number of hydrogen-bond acceptors (Lipinski definition) is 3. The SMILES string of the molecule is ON=C(c1ccc(OCc2ccccc2)cc1)C(F)(F)F. The van der Waals surface area contributed by atoms with Gasteiger partial charge < -0.3 is 9.94 Å². The van der Waals surface area contributed by atoms with Crippen LogP contribution in [0.3, 0.4) is 0 Å². The van der Waals surface area contributed by atoms with Gasteiger partial charge in [-0.05, 0) is 29.8 Å². The Kier molecular flexibility index (Phi) is 4.47. The van der Waals surface area contributed by atoms with E-state index in [9.17, 15) is 13.2 Å². The first-order valence-electron chi connectivity index (χ1n) is 6.07. The molecule has 1 N–H and O–H groups in total. The van der Waals surface area contributed by atoms with Gasteiger partial charge in [0.15, 0.2) is 5.71 Å². The van der Waals surface area contributed by atoms with Gasteiger partial charge in [-0.25, -0.2) is 0 Å². The van der Waals surface area contributed by atoms with Crippen LogP contribution in [0.15, 0.2) is 59.8 Å². The van der Waals surface area contributed by atoms with E-state index in [0.717, 1.165) is 5.56 Å². The van der Waals surface area contributed by atoms with E-state index in [2.05, 4.69) is 5.16 Å².